The molecular formula is C10H9NO3S. The van der Waals surface area contributed by atoms with E-state index in [0.29, 0.717) is 12.2 Å². The number of benzene rings is 1. The van der Waals surface area contributed by atoms with Crippen LogP contribution in [0.4, 0.5) is 4.79 Å². The number of allylic oxidation sites excluding steroid dienone is 1. The van der Waals surface area contributed by atoms with Crippen LogP contribution in [-0.4, -0.2) is 15.5 Å². The van der Waals surface area contributed by atoms with Gasteiger partial charge in [-0.2, -0.15) is 4.31 Å². The van der Waals surface area contributed by atoms with Crippen molar-refractivity contribution in [1.82, 2.24) is 4.31 Å². The van der Waals surface area contributed by atoms with Gasteiger partial charge in [0.1, 0.15) is 5.76 Å². The molecule has 0 aromatic heterocycles. The predicted octanol–water partition coefficient (Wildman–Crippen LogP) is 2.64. The molecule has 0 fully saturated rings. The van der Waals surface area contributed by atoms with Gasteiger partial charge in [0.25, 0.3) is 0 Å². The lowest BCUT2D eigenvalue weighted by Crippen LogP contribution is -2.12. The smallest absolute Gasteiger partial charge is 0.424 e. The number of rotatable bonds is 2. The second-order valence-corrected chi connectivity index (χ2v) is 3.73. The van der Waals surface area contributed by atoms with Crippen LogP contribution in [0, 0.1) is 0 Å². The second kappa shape index (κ2) is 4.27. The molecule has 1 aromatic carbocycles. The van der Waals surface area contributed by atoms with E-state index in [4.69, 9.17) is 9.29 Å². The molecule has 1 heterocycles. The van der Waals surface area contributed by atoms with Gasteiger partial charge < -0.3 is 9.29 Å². The third kappa shape index (κ3) is 2.44. The number of hydrogen-bond donors (Lipinski definition) is 1. The highest BCUT2D eigenvalue weighted by Crippen LogP contribution is 2.27. The van der Waals surface area contributed by atoms with Gasteiger partial charge in [-0.05, 0) is 5.56 Å². The van der Waals surface area contributed by atoms with Crippen LogP contribution in [0.2, 0.25) is 0 Å². The van der Waals surface area contributed by atoms with E-state index in [0.717, 1.165) is 22.1 Å². The van der Waals surface area contributed by atoms with Crippen LogP contribution in [0.1, 0.15) is 5.56 Å². The Morgan fingerprint density at radius 3 is 2.73 bits per heavy atom. The highest BCUT2D eigenvalue weighted by molar-refractivity contribution is 7.93. The molecule has 0 radical (unpaired) electrons. The van der Waals surface area contributed by atoms with E-state index in [-0.39, 0.29) is 0 Å². The maximum Gasteiger partial charge on any atom is 0.424 e. The van der Waals surface area contributed by atoms with Gasteiger partial charge in [0.05, 0.1) is 6.20 Å². The summed E-state index contributed by atoms with van der Waals surface area (Å²) in [6.07, 6.45) is 1.07. The van der Waals surface area contributed by atoms with Gasteiger partial charge >= 0.3 is 6.09 Å². The maximum absolute atomic E-state index is 10.6. The summed E-state index contributed by atoms with van der Waals surface area (Å²) < 4.78 is 6.19. The zero-order valence-corrected chi connectivity index (χ0v) is 8.61. The van der Waals surface area contributed by atoms with Crippen molar-refractivity contribution in [3.05, 3.63) is 47.9 Å². The number of amides is 1. The number of carboxylic acid groups (broad SMARTS) is 1. The molecule has 0 spiro atoms. The molecule has 5 heteroatoms. The fraction of sp³-hybridized carbons (Fsp3) is 0.100. The number of nitrogens with zero attached hydrogens (tertiary/aromatic N) is 1. The van der Waals surface area contributed by atoms with Crippen LogP contribution in [0.25, 0.3) is 0 Å². The topological polar surface area (TPSA) is 49.8 Å². The minimum atomic E-state index is -1.02. The second-order valence-electron chi connectivity index (χ2n) is 3.02. The van der Waals surface area contributed by atoms with E-state index in [1.54, 1.807) is 0 Å². The molecule has 0 aliphatic carbocycles. The fourth-order valence-electron chi connectivity index (χ4n) is 1.22. The Labute approximate surface area is 91.5 Å². The van der Waals surface area contributed by atoms with E-state index in [2.05, 4.69) is 0 Å². The lowest BCUT2D eigenvalue weighted by Gasteiger charge is -2.01. The molecule has 4 nitrogen and oxygen atoms in total. The average molecular weight is 223 g/mol. The summed E-state index contributed by atoms with van der Waals surface area (Å²) >= 11 is 0.819. The Kier molecular flexibility index (Phi) is 2.82. The summed E-state index contributed by atoms with van der Waals surface area (Å²) in [7, 11) is 0. The largest absolute Gasteiger partial charge is 0.464 e. The normalized spacial score (nSPS) is 14.7. The van der Waals surface area contributed by atoms with Gasteiger partial charge in [0.2, 0.25) is 0 Å². The fourth-order valence-corrected chi connectivity index (χ4v) is 1.72. The van der Waals surface area contributed by atoms with Crippen LogP contribution in [0.5, 0.6) is 0 Å². The van der Waals surface area contributed by atoms with E-state index >= 15 is 0 Å². The van der Waals surface area contributed by atoms with Crippen molar-refractivity contribution < 1.29 is 14.1 Å². The lowest BCUT2D eigenvalue weighted by molar-refractivity contribution is 0.184. The first-order valence-electron chi connectivity index (χ1n) is 4.37. The molecule has 0 saturated heterocycles. The van der Waals surface area contributed by atoms with Gasteiger partial charge in [-0.15, -0.1) is 0 Å². The Morgan fingerprint density at radius 2 is 2.13 bits per heavy atom. The van der Waals surface area contributed by atoms with E-state index in [9.17, 15) is 4.79 Å². The van der Waals surface area contributed by atoms with Crippen molar-refractivity contribution in [2.45, 2.75) is 6.42 Å². The quantitative estimate of drug-likeness (QED) is 0.618. The zero-order valence-electron chi connectivity index (χ0n) is 7.79. The van der Waals surface area contributed by atoms with Crippen molar-refractivity contribution in [2.24, 2.45) is 0 Å². The van der Waals surface area contributed by atoms with Gasteiger partial charge in [-0.1, -0.05) is 30.3 Å². The Morgan fingerprint density at radius 1 is 1.40 bits per heavy atom. The zero-order chi connectivity index (χ0) is 10.7. The highest BCUT2D eigenvalue weighted by Gasteiger charge is 2.21. The number of carbonyl (C=O) groups is 1. The summed E-state index contributed by atoms with van der Waals surface area (Å²) in [6, 6.07) is 9.75. The molecule has 1 aromatic rings. The summed E-state index contributed by atoms with van der Waals surface area (Å²) in [5.74, 6) is 0.647. The first kappa shape index (κ1) is 9.92. The first-order chi connectivity index (χ1) is 7.25. The average Bonchev–Trinajstić information content (AvgIpc) is 2.68. The maximum atomic E-state index is 10.6. The highest BCUT2D eigenvalue weighted by atomic mass is 32.2. The van der Waals surface area contributed by atoms with Crippen LogP contribution < -0.4 is 0 Å². The molecular weight excluding hydrogens is 214 g/mol. The van der Waals surface area contributed by atoms with Crippen LogP contribution >= 0.6 is 12.2 Å². The Bertz CT molecular complexity index is 391. The molecule has 0 bridgehead atoms. The standard InChI is InChI=1S/C10H9NO3S/c12-10(13)11-7-9(14-15-11)6-8-4-2-1-3-5-8/h1-5,7H,6H2,(H,12,13). The molecule has 0 unspecified atom stereocenters. The summed E-state index contributed by atoms with van der Waals surface area (Å²) in [6.45, 7) is 0. The molecule has 0 atom stereocenters. The molecule has 2 rings (SSSR count). The first-order valence-corrected chi connectivity index (χ1v) is 5.07. The van der Waals surface area contributed by atoms with Crippen molar-refractivity contribution in [3.8, 4) is 0 Å². The van der Waals surface area contributed by atoms with E-state index in [1.807, 2.05) is 30.3 Å². The SMILES string of the molecule is O=C(O)N1C=C(Cc2ccccc2)OS1. The van der Waals surface area contributed by atoms with Gasteiger partial charge in [-0.25, -0.2) is 4.79 Å². The van der Waals surface area contributed by atoms with Crippen molar-refractivity contribution >= 4 is 18.3 Å². The number of hydrogen-bond acceptors (Lipinski definition) is 3. The third-order valence-electron chi connectivity index (χ3n) is 1.90. The van der Waals surface area contributed by atoms with Gasteiger partial charge in [0.15, 0.2) is 12.2 Å². The van der Waals surface area contributed by atoms with Crippen molar-refractivity contribution in [2.75, 3.05) is 0 Å². The monoisotopic (exact) mass is 223 g/mol. The van der Waals surface area contributed by atoms with Crippen LogP contribution in [0.3, 0.4) is 0 Å². The Balaban J connectivity index is 2.03. The van der Waals surface area contributed by atoms with Gasteiger partial charge in [-0.3, -0.25) is 0 Å². The molecule has 1 amide bonds. The minimum Gasteiger partial charge on any atom is -0.464 e. The molecule has 1 aliphatic heterocycles. The summed E-state index contributed by atoms with van der Waals surface area (Å²) in [5, 5.41) is 8.68. The third-order valence-corrected chi connectivity index (χ3v) is 2.61. The summed E-state index contributed by atoms with van der Waals surface area (Å²) in [5.41, 5.74) is 1.09. The van der Waals surface area contributed by atoms with Crippen LogP contribution in [-0.2, 0) is 10.6 Å². The molecule has 15 heavy (non-hydrogen) atoms. The minimum absolute atomic E-state index is 0.609. The molecule has 78 valence electrons. The molecule has 1 N–H and O–H groups in total. The van der Waals surface area contributed by atoms with Gasteiger partial charge in [0, 0.05) is 6.42 Å². The van der Waals surface area contributed by atoms with E-state index < -0.39 is 6.09 Å². The van der Waals surface area contributed by atoms with Crippen molar-refractivity contribution in [3.63, 3.8) is 0 Å². The van der Waals surface area contributed by atoms with Crippen LogP contribution in [0.15, 0.2) is 42.3 Å². The Hall–Kier alpha value is -1.62. The van der Waals surface area contributed by atoms with Crippen molar-refractivity contribution in [1.29, 1.82) is 0 Å². The van der Waals surface area contributed by atoms with E-state index in [1.165, 1.54) is 6.20 Å². The summed E-state index contributed by atoms with van der Waals surface area (Å²) in [4.78, 5) is 10.6. The molecule has 0 saturated carbocycles. The molecule has 1 aliphatic rings. The lowest BCUT2D eigenvalue weighted by atomic mass is 10.1. The predicted molar refractivity (Wildman–Crippen MR) is 56.8 cm³/mol.